The fraction of sp³-hybridized carbons (Fsp3) is 0.261. The van der Waals surface area contributed by atoms with Gasteiger partial charge in [0.15, 0.2) is 0 Å². The maximum atomic E-state index is 9.71. The molecule has 1 aliphatic heterocycles. The van der Waals surface area contributed by atoms with Crippen LogP contribution in [0.5, 0.6) is 5.75 Å². The Kier molecular flexibility index (Phi) is 6.18. The highest BCUT2D eigenvalue weighted by Crippen LogP contribution is 2.36. The van der Waals surface area contributed by atoms with E-state index in [4.69, 9.17) is 15.2 Å². The van der Waals surface area contributed by atoms with E-state index in [0.29, 0.717) is 34.9 Å². The van der Waals surface area contributed by atoms with Crippen LogP contribution in [-0.4, -0.2) is 54.3 Å². The van der Waals surface area contributed by atoms with Gasteiger partial charge in [0.05, 0.1) is 24.6 Å². The number of anilines is 1. The molecule has 2 aromatic heterocycles. The van der Waals surface area contributed by atoms with Crippen molar-refractivity contribution < 1.29 is 9.47 Å². The van der Waals surface area contributed by atoms with Crippen molar-refractivity contribution >= 4 is 5.82 Å². The third-order valence-corrected chi connectivity index (χ3v) is 5.03. The summed E-state index contributed by atoms with van der Waals surface area (Å²) < 4.78 is 11.5. The third kappa shape index (κ3) is 4.40. The van der Waals surface area contributed by atoms with Crippen LogP contribution in [-0.2, 0) is 4.74 Å². The summed E-state index contributed by atoms with van der Waals surface area (Å²) >= 11 is 0. The summed E-state index contributed by atoms with van der Waals surface area (Å²) in [7, 11) is 0. The van der Waals surface area contributed by atoms with Gasteiger partial charge in [-0.3, -0.25) is 9.88 Å². The fourth-order valence-electron chi connectivity index (χ4n) is 3.46. The van der Waals surface area contributed by atoms with E-state index in [1.165, 1.54) is 0 Å². The van der Waals surface area contributed by atoms with Crippen LogP contribution in [0.1, 0.15) is 5.56 Å². The highest BCUT2D eigenvalue weighted by Gasteiger charge is 2.17. The number of morpholine rings is 1. The lowest BCUT2D eigenvalue weighted by atomic mass is 9.98. The van der Waals surface area contributed by atoms with Gasteiger partial charge < -0.3 is 15.2 Å². The summed E-state index contributed by atoms with van der Waals surface area (Å²) in [5, 5.41) is 9.71. The normalized spacial score (nSPS) is 14.2. The summed E-state index contributed by atoms with van der Waals surface area (Å²) in [6.45, 7) is 4.71. The molecule has 3 aromatic rings. The van der Waals surface area contributed by atoms with Gasteiger partial charge in [0.25, 0.3) is 0 Å². The summed E-state index contributed by atoms with van der Waals surface area (Å²) in [4.78, 5) is 11.1. The number of aromatic nitrogens is 2. The molecule has 7 nitrogen and oxygen atoms in total. The van der Waals surface area contributed by atoms with Crippen molar-refractivity contribution in [2.45, 2.75) is 0 Å². The van der Waals surface area contributed by atoms with Crippen molar-refractivity contribution in [2.75, 3.05) is 45.2 Å². The number of nitrogen functional groups attached to an aromatic ring is 1. The number of hydrogen-bond donors (Lipinski definition) is 1. The monoisotopic (exact) mass is 401 g/mol. The van der Waals surface area contributed by atoms with Gasteiger partial charge in [-0.15, -0.1) is 0 Å². The number of rotatable bonds is 6. The lowest BCUT2D eigenvalue weighted by Crippen LogP contribution is -2.38. The molecule has 30 heavy (non-hydrogen) atoms. The second-order valence-electron chi connectivity index (χ2n) is 6.94. The molecular formula is C23H23N5O2. The Bertz CT molecular complexity index is 1040. The summed E-state index contributed by atoms with van der Waals surface area (Å²) in [5.74, 6) is 0.888. The van der Waals surface area contributed by atoms with E-state index in [9.17, 15) is 5.26 Å². The molecule has 0 spiro atoms. The maximum Gasteiger partial charge on any atom is 0.142 e. The Morgan fingerprint density at radius 1 is 1.07 bits per heavy atom. The standard InChI is InChI=1S/C23H23N5O2/c24-16-19-18(15-21(27-23(19)25)20-6-3-4-8-26-20)17-5-1-2-7-22(17)30-14-11-28-9-12-29-13-10-28/h1-8,15H,9-14H2,(H2,25,27). The van der Waals surface area contributed by atoms with Crippen molar-refractivity contribution in [1.29, 1.82) is 5.26 Å². The Morgan fingerprint density at radius 2 is 1.87 bits per heavy atom. The Morgan fingerprint density at radius 3 is 2.63 bits per heavy atom. The van der Waals surface area contributed by atoms with E-state index in [-0.39, 0.29) is 5.82 Å². The highest BCUT2D eigenvalue weighted by molar-refractivity contribution is 5.82. The first-order valence-electron chi connectivity index (χ1n) is 9.90. The number of nitrogens with zero attached hydrogens (tertiary/aromatic N) is 4. The SMILES string of the molecule is N#Cc1c(-c2ccccc2OCCN2CCOCC2)cc(-c2ccccn2)nc1N. The van der Waals surface area contributed by atoms with Crippen LogP contribution in [0.25, 0.3) is 22.5 Å². The molecule has 0 bridgehead atoms. The number of para-hydroxylation sites is 1. The third-order valence-electron chi connectivity index (χ3n) is 5.03. The van der Waals surface area contributed by atoms with Crippen LogP contribution in [0.15, 0.2) is 54.7 Å². The smallest absolute Gasteiger partial charge is 0.142 e. The van der Waals surface area contributed by atoms with Crippen LogP contribution >= 0.6 is 0 Å². The van der Waals surface area contributed by atoms with Gasteiger partial charge >= 0.3 is 0 Å². The lowest BCUT2D eigenvalue weighted by molar-refractivity contribution is 0.0323. The molecule has 0 radical (unpaired) electrons. The molecule has 0 atom stereocenters. The molecule has 2 N–H and O–H groups in total. The molecule has 1 aromatic carbocycles. The van der Waals surface area contributed by atoms with E-state index in [1.54, 1.807) is 6.20 Å². The fourth-order valence-corrected chi connectivity index (χ4v) is 3.46. The minimum Gasteiger partial charge on any atom is -0.492 e. The first-order chi connectivity index (χ1) is 14.8. The maximum absolute atomic E-state index is 9.71. The molecule has 0 amide bonds. The summed E-state index contributed by atoms with van der Waals surface area (Å²) in [6.07, 6.45) is 1.70. The molecule has 0 unspecified atom stereocenters. The van der Waals surface area contributed by atoms with Crippen molar-refractivity contribution in [3.8, 4) is 34.3 Å². The van der Waals surface area contributed by atoms with Gasteiger partial charge in [-0.2, -0.15) is 5.26 Å². The number of nitriles is 1. The molecule has 7 heteroatoms. The van der Waals surface area contributed by atoms with E-state index in [2.05, 4.69) is 20.9 Å². The number of benzene rings is 1. The van der Waals surface area contributed by atoms with Gasteiger partial charge in [-0.1, -0.05) is 24.3 Å². The van der Waals surface area contributed by atoms with Crippen LogP contribution in [0.2, 0.25) is 0 Å². The van der Waals surface area contributed by atoms with E-state index >= 15 is 0 Å². The molecule has 0 saturated carbocycles. The molecule has 0 aliphatic carbocycles. The van der Waals surface area contributed by atoms with Gasteiger partial charge in [-0.05, 0) is 24.3 Å². The van der Waals surface area contributed by atoms with Crippen LogP contribution < -0.4 is 10.5 Å². The van der Waals surface area contributed by atoms with Crippen LogP contribution in [0, 0.1) is 11.3 Å². The van der Waals surface area contributed by atoms with E-state index < -0.39 is 0 Å². The van der Waals surface area contributed by atoms with Crippen molar-refractivity contribution in [2.24, 2.45) is 0 Å². The Balaban J connectivity index is 1.64. The Hall–Kier alpha value is -3.47. The van der Waals surface area contributed by atoms with Gasteiger partial charge in [0.2, 0.25) is 0 Å². The minimum absolute atomic E-state index is 0.179. The average molecular weight is 401 g/mol. The minimum atomic E-state index is 0.179. The lowest BCUT2D eigenvalue weighted by Gasteiger charge is -2.26. The molecule has 1 saturated heterocycles. The predicted molar refractivity (Wildman–Crippen MR) is 115 cm³/mol. The van der Waals surface area contributed by atoms with Gasteiger partial charge in [-0.25, -0.2) is 4.98 Å². The first kappa shape index (κ1) is 19.8. The number of hydrogen-bond acceptors (Lipinski definition) is 7. The van der Waals surface area contributed by atoms with Crippen LogP contribution in [0.3, 0.4) is 0 Å². The molecule has 152 valence electrons. The van der Waals surface area contributed by atoms with Gasteiger partial charge in [0, 0.05) is 37.0 Å². The summed E-state index contributed by atoms with van der Waals surface area (Å²) in [6, 6.07) is 17.3. The molecule has 4 rings (SSSR count). The zero-order chi connectivity index (χ0) is 20.8. The van der Waals surface area contributed by atoms with Crippen LogP contribution in [0.4, 0.5) is 5.82 Å². The summed E-state index contributed by atoms with van der Waals surface area (Å²) in [5.41, 5.74) is 9.27. The zero-order valence-corrected chi connectivity index (χ0v) is 16.6. The molecule has 1 aliphatic rings. The second-order valence-corrected chi connectivity index (χ2v) is 6.94. The van der Waals surface area contributed by atoms with E-state index in [0.717, 1.165) is 38.4 Å². The van der Waals surface area contributed by atoms with Crippen molar-refractivity contribution in [3.63, 3.8) is 0 Å². The second kappa shape index (κ2) is 9.35. The number of pyridine rings is 2. The topological polar surface area (TPSA) is 97.3 Å². The van der Waals surface area contributed by atoms with Crippen molar-refractivity contribution in [1.82, 2.24) is 14.9 Å². The largest absolute Gasteiger partial charge is 0.492 e. The number of nitrogens with two attached hydrogens (primary N) is 1. The zero-order valence-electron chi connectivity index (χ0n) is 16.6. The predicted octanol–water partition coefficient (Wildman–Crippen LogP) is 2.98. The highest BCUT2D eigenvalue weighted by atomic mass is 16.5. The quantitative estimate of drug-likeness (QED) is 0.678. The van der Waals surface area contributed by atoms with Gasteiger partial charge in [0.1, 0.15) is 29.8 Å². The average Bonchev–Trinajstić information content (AvgIpc) is 2.80. The molecule has 1 fully saturated rings. The van der Waals surface area contributed by atoms with Crippen molar-refractivity contribution in [3.05, 3.63) is 60.3 Å². The molecule has 3 heterocycles. The number of ether oxygens (including phenoxy) is 2. The molecular weight excluding hydrogens is 378 g/mol. The van der Waals surface area contributed by atoms with E-state index in [1.807, 2.05) is 48.5 Å². The Labute approximate surface area is 175 Å². The first-order valence-corrected chi connectivity index (χ1v) is 9.90.